The number of hydrogen-bond acceptors (Lipinski definition) is 4. The Hall–Kier alpha value is -3.12. The number of likely N-dealkylation sites (N-methyl/N-ethyl adjacent to an activating group) is 1. The molecule has 0 spiro atoms. The van der Waals surface area contributed by atoms with Crippen molar-refractivity contribution in [2.24, 2.45) is 5.92 Å². The largest absolute Gasteiger partial charge is 0.416 e. The maximum Gasteiger partial charge on any atom is 0.416 e. The second-order valence-electron chi connectivity index (χ2n) is 9.18. The first-order valence-corrected chi connectivity index (χ1v) is 12.7. The van der Waals surface area contributed by atoms with Gasteiger partial charge in [-0.1, -0.05) is 42.8 Å². The van der Waals surface area contributed by atoms with Crippen molar-refractivity contribution in [3.8, 4) is 0 Å². The van der Waals surface area contributed by atoms with Crippen molar-refractivity contribution in [3.05, 3.63) is 74.7 Å². The van der Waals surface area contributed by atoms with Gasteiger partial charge in [0.2, 0.25) is 5.91 Å². The average molecular weight is 558 g/mol. The van der Waals surface area contributed by atoms with Crippen LogP contribution in [0.1, 0.15) is 38.8 Å². The molecule has 1 unspecified atom stereocenters. The lowest BCUT2D eigenvalue weighted by Crippen LogP contribution is -2.32. The van der Waals surface area contributed by atoms with Gasteiger partial charge in [0.1, 0.15) is 5.00 Å². The lowest BCUT2D eigenvalue weighted by atomic mass is 10.00. The minimum absolute atomic E-state index is 0.0229. The van der Waals surface area contributed by atoms with Gasteiger partial charge in [-0.25, -0.2) is 0 Å². The minimum Gasteiger partial charge on any atom is -0.348 e. The van der Waals surface area contributed by atoms with E-state index in [0.29, 0.717) is 25.1 Å². The van der Waals surface area contributed by atoms with Crippen LogP contribution in [0.15, 0.2) is 47.6 Å². The molecule has 2 aromatic rings. The summed E-state index contributed by atoms with van der Waals surface area (Å²) in [4.78, 5) is 29.1. The molecule has 12 heteroatoms. The second-order valence-corrected chi connectivity index (χ2v) is 10.3. The molecule has 204 valence electrons. The summed E-state index contributed by atoms with van der Waals surface area (Å²) < 4.78 is 80.0. The standard InChI is InChI=1S/C26H25F6N3O2S/c1-3-35-9-8-17-20(13-35)38-24(21(17)23(37)33-12-15-6-4-14(2)5-7-15)34-22(36)18-10-16(25(27,28)29)11-19(18)26(30,31)32/h4-7,10-11,18H,3,8-9,12-13H2,1-2H3,(H,33,37)(H,34,36). The number of allylic oxidation sites excluding steroid dienone is 2. The molecule has 1 atom stereocenters. The number of fused-ring (bicyclic) bond motifs is 1. The highest BCUT2D eigenvalue weighted by atomic mass is 32.1. The van der Waals surface area contributed by atoms with Gasteiger partial charge in [0.05, 0.1) is 17.1 Å². The quantitative estimate of drug-likeness (QED) is 0.435. The molecule has 0 radical (unpaired) electrons. The Morgan fingerprint density at radius 2 is 1.76 bits per heavy atom. The molecule has 0 fully saturated rings. The number of nitrogens with zero attached hydrogens (tertiary/aromatic N) is 1. The topological polar surface area (TPSA) is 61.4 Å². The van der Waals surface area contributed by atoms with Gasteiger partial charge in [-0.15, -0.1) is 11.3 Å². The van der Waals surface area contributed by atoms with Crippen LogP contribution in [0.4, 0.5) is 31.3 Å². The Morgan fingerprint density at radius 3 is 2.37 bits per heavy atom. The molecule has 1 aromatic heterocycles. The van der Waals surface area contributed by atoms with E-state index in [0.717, 1.165) is 33.9 Å². The van der Waals surface area contributed by atoms with Gasteiger partial charge in [0, 0.05) is 30.1 Å². The van der Waals surface area contributed by atoms with Gasteiger partial charge in [0.15, 0.2) is 0 Å². The fourth-order valence-electron chi connectivity index (χ4n) is 4.45. The predicted octanol–water partition coefficient (Wildman–Crippen LogP) is 5.91. The number of carbonyl (C=O) groups excluding carboxylic acids is 2. The van der Waals surface area contributed by atoms with E-state index in [1.165, 1.54) is 0 Å². The highest BCUT2D eigenvalue weighted by Crippen LogP contribution is 2.44. The predicted molar refractivity (Wildman–Crippen MR) is 132 cm³/mol. The first kappa shape index (κ1) is 27.9. The highest BCUT2D eigenvalue weighted by molar-refractivity contribution is 7.17. The maximum atomic E-state index is 13.5. The number of aryl methyl sites for hydroxylation is 1. The van der Waals surface area contributed by atoms with E-state index < -0.39 is 41.2 Å². The number of nitrogens with one attached hydrogen (secondary N) is 2. The van der Waals surface area contributed by atoms with Crippen LogP contribution in [-0.4, -0.2) is 42.2 Å². The molecular weight excluding hydrogens is 532 g/mol. The summed E-state index contributed by atoms with van der Waals surface area (Å²) in [5, 5.41) is 5.16. The number of carbonyl (C=O) groups is 2. The molecule has 2 heterocycles. The summed E-state index contributed by atoms with van der Waals surface area (Å²) in [6.07, 6.45) is -9.48. The van der Waals surface area contributed by atoms with Gasteiger partial charge in [0.25, 0.3) is 5.91 Å². The van der Waals surface area contributed by atoms with Crippen LogP contribution in [0.2, 0.25) is 0 Å². The normalized spacial score (nSPS) is 18.1. The molecule has 1 aromatic carbocycles. The van der Waals surface area contributed by atoms with Crippen LogP contribution in [0.25, 0.3) is 0 Å². The number of alkyl halides is 6. The zero-order valence-electron chi connectivity index (χ0n) is 20.5. The van der Waals surface area contributed by atoms with Crippen LogP contribution in [0.5, 0.6) is 0 Å². The summed E-state index contributed by atoms with van der Waals surface area (Å²) in [5.41, 5.74) is -0.458. The van der Waals surface area contributed by atoms with Gasteiger partial charge in [-0.05, 0) is 37.1 Å². The molecule has 2 aliphatic rings. The van der Waals surface area contributed by atoms with Crippen LogP contribution in [0.3, 0.4) is 0 Å². The van der Waals surface area contributed by atoms with Gasteiger partial charge in [-0.2, -0.15) is 26.3 Å². The smallest absolute Gasteiger partial charge is 0.348 e. The Balaban J connectivity index is 1.63. The maximum absolute atomic E-state index is 13.5. The van der Waals surface area contributed by atoms with E-state index in [9.17, 15) is 35.9 Å². The van der Waals surface area contributed by atoms with Crippen LogP contribution in [-0.2, 0) is 24.3 Å². The molecule has 0 bridgehead atoms. The number of benzene rings is 1. The molecule has 0 saturated heterocycles. The lowest BCUT2D eigenvalue weighted by molar-refractivity contribution is -0.123. The third-order valence-electron chi connectivity index (χ3n) is 6.55. The van der Waals surface area contributed by atoms with Crippen molar-refractivity contribution >= 4 is 28.2 Å². The van der Waals surface area contributed by atoms with Crippen molar-refractivity contribution in [2.45, 2.75) is 45.7 Å². The number of amides is 2. The summed E-state index contributed by atoms with van der Waals surface area (Å²) in [6.45, 7) is 5.94. The second kappa shape index (κ2) is 10.6. The summed E-state index contributed by atoms with van der Waals surface area (Å²) in [6, 6.07) is 7.45. The lowest BCUT2D eigenvalue weighted by Gasteiger charge is -2.25. The van der Waals surface area contributed by atoms with E-state index in [1.54, 1.807) is 0 Å². The average Bonchev–Trinajstić information content (AvgIpc) is 3.45. The number of anilines is 1. The summed E-state index contributed by atoms with van der Waals surface area (Å²) >= 11 is 1.06. The number of halogens is 6. The molecule has 2 N–H and O–H groups in total. The first-order valence-electron chi connectivity index (χ1n) is 11.9. The van der Waals surface area contributed by atoms with Crippen molar-refractivity contribution in [3.63, 3.8) is 0 Å². The molecule has 0 saturated carbocycles. The highest BCUT2D eigenvalue weighted by Gasteiger charge is 2.48. The van der Waals surface area contributed by atoms with Crippen LogP contribution >= 0.6 is 11.3 Å². The Bertz CT molecular complexity index is 1290. The van der Waals surface area contributed by atoms with Crippen molar-refractivity contribution in [1.29, 1.82) is 0 Å². The Morgan fingerprint density at radius 1 is 1.08 bits per heavy atom. The van der Waals surface area contributed by atoms with Crippen LogP contribution < -0.4 is 10.6 Å². The van der Waals surface area contributed by atoms with Gasteiger partial charge < -0.3 is 10.6 Å². The third kappa shape index (κ3) is 5.96. The zero-order valence-corrected chi connectivity index (χ0v) is 21.3. The molecule has 1 aliphatic heterocycles. The minimum atomic E-state index is -5.14. The molecule has 5 nitrogen and oxygen atoms in total. The van der Waals surface area contributed by atoms with E-state index in [4.69, 9.17) is 0 Å². The summed E-state index contributed by atoms with van der Waals surface area (Å²) in [7, 11) is 0. The number of hydrogen-bond donors (Lipinski definition) is 2. The zero-order chi connectivity index (χ0) is 27.8. The van der Waals surface area contributed by atoms with Crippen molar-refractivity contribution in [2.75, 3.05) is 18.4 Å². The molecular formula is C26H25F6N3O2S. The monoisotopic (exact) mass is 557 g/mol. The number of thiophene rings is 1. The Labute approximate surface area is 219 Å². The molecule has 1 aliphatic carbocycles. The van der Waals surface area contributed by atoms with Gasteiger partial charge >= 0.3 is 12.4 Å². The van der Waals surface area contributed by atoms with Gasteiger partial charge in [-0.3, -0.25) is 14.5 Å². The van der Waals surface area contributed by atoms with E-state index in [1.807, 2.05) is 38.1 Å². The molecule has 4 rings (SSSR count). The SMILES string of the molecule is CCN1CCc2c(sc(NC(=O)C3C=C(C(F)(F)F)C=C3C(F)(F)F)c2C(=O)NCc2ccc(C)cc2)C1. The van der Waals surface area contributed by atoms with Crippen molar-refractivity contribution < 1.29 is 35.9 Å². The fourth-order valence-corrected chi connectivity index (χ4v) is 5.74. The van der Waals surface area contributed by atoms with E-state index in [2.05, 4.69) is 15.5 Å². The first-order chi connectivity index (χ1) is 17.8. The van der Waals surface area contributed by atoms with E-state index >= 15 is 0 Å². The molecule has 2 amide bonds. The fraction of sp³-hybridized carbons (Fsp3) is 0.385. The number of rotatable bonds is 6. The summed E-state index contributed by atoms with van der Waals surface area (Å²) in [5.74, 6) is -4.00. The van der Waals surface area contributed by atoms with E-state index in [-0.39, 0.29) is 29.3 Å². The third-order valence-corrected chi connectivity index (χ3v) is 7.68. The van der Waals surface area contributed by atoms with Crippen LogP contribution in [0, 0.1) is 12.8 Å². The van der Waals surface area contributed by atoms with Crippen molar-refractivity contribution in [1.82, 2.24) is 10.2 Å². The molecule has 38 heavy (non-hydrogen) atoms. The Kier molecular flexibility index (Phi) is 7.76.